The Kier molecular flexibility index (Phi) is 9.49. The van der Waals surface area contributed by atoms with Gasteiger partial charge in [-0.05, 0) is 19.8 Å². The van der Waals surface area contributed by atoms with E-state index in [1.54, 1.807) is 6.07 Å². The zero-order valence-electron chi connectivity index (χ0n) is 17.9. The molecule has 9 heteroatoms. The summed E-state index contributed by atoms with van der Waals surface area (Å²) in [5.41, 5.74) is 0. The van der Waals surface area contributed by atoms with Crippen LogP contribution in [0.5, 0.6) is 0 Å². The zero-order valence-corrected chi connectivity index (χ0v) is 19.4. The van der Waals surface area contributed by atoms with Gasteiger partial charge in [-0.3, -0.25) is 9.59 Å². The van der Waals surface area contributed by atoms with Crippen molar-refractivity contribution < 1.29 is 9.59 Å². The Morgan fingerprint density at radius 2 is 1.90 bits per heavy atom. The fourth-order valence-electron chi connectivity index (χ4n) is 3.47. The molecule has 1 saturated heterocycles. The van der Waals surface area contributed by atoms with Crippen LogP contribution in [0.3, 0.4) is 0 Å². The van der Waals surface area contributed by atoms with Gasteiger partial charge in [-0.1, -0.05) is 44.1 Å². The van der Waals surface area contributed by atoms with Crippen molar-refractivity contribution in [2.45, 2.75) is 58.2 Å². The molecule has 162 valence electrons. The largest absolute Gasteiger partial charge is 0.353 e. The maximum Gasteiger partial charge on any atom is 0.233 e. The van der Waals surface area contributed by atoms with Crippen LogP contribution in [0.25, 0.3) is 0 Å². The van der Waals surface area contributed by atoms with Crippen LogP contribution in [0.1, 0.15) is 47.0 Å². The molecule has 0 N–H and O–H groups in total. The molecule has 0 radical (unpaired) electrons. The molecule has 0 spiro atoms. The normalized spacial score (nSPS) is 16.8. The van der Waals surface area contributed by atoms with E-state index in [1.165, 1.54) is 11.8 Å². The van der Waals surface area contributed by atoms with Crippen LogP contribution in [-0.4, -0.2) is 76.1 Å². The van der Waals surface area contributed by atoms with Gasteiger partial charge < -0.3 is 14.7 Å². The van der Waals surface area contributed by atoms with E-state index in [9.17, 15) is 9.59 Å². The summed E-state index contributed by atoms with van der Waals surface area (Å²) >= 11 is 7.56. The highest BCUT2D eigenvalue weighted by molar-refractivity contribution is 7.99. The molecule has 1 unspecified atom stereocenters. The number of amides is 2. The SMILES string of the molecule is CCCN(CCC)C(=O)CSc1nc(Cl)cc(N2CCN(C(=O)CC)C(C)C2)n1. The quantitative estimate of drug-likeness (QED) is 0.332. The first kappa shape index (κ1) is 23.7. The maximum atomic E-state index is 12.5. The van der Waals surface area contributed by atoms with Gasteiger partial charge in [0.15, 0.2) is 5.16 Å². The smallest absolute Gasteiger partial charge is 0.233 e. The molecule has 1 aromatic rings. The van der Waals surface area contributed by atoms with Crippen molar-refractivity contribution in [1.29, 1.82) is 0 Å². The molecule has 0 bridgehead atoms. The van der Waals surface area contributed by atoms with E-state index in [2.05, 4.69) is 28.7 Å². The Morgan fingerprint density at radius 1 is 1.21 bits per heavy atom. The Hall–Kier alpha value is -1.54. The van der Waals surface area contributed by atoms with Gasteiger partial charge in [0.1, 0.15) is 11.0 Å². The average Bonchev–Trinajstić information content (AvgIpc) is 2.70. The number of thioether (sulfide) groups is 1. The van der Waals surface area contributed by atoms with E-state index in [0.717, 1.165) is 31.7 Å². The molecule has 2 amide bonds. The molecular weight excluding hydrogens is 410 g/mol. The van der Waals surface area contributed by atoms with E-state index >= 15 is 0 Å². The molecule has 1 fully saturated rings. The highest BCUT2D eigenvalue weighted by Gasteiger charge is 2.27. The summed E-state index contributed by atoms with van der Waals surface area (Å²) in [6, 6.07) is 1.86. The number of halogens is 1. The molecule has 1 aliphatic heterocycles. The highest BCUT2D eigenvalue weighted by atomic mass is 35.5. The number of aromatic nitrogens is 2. The average molecular weight is 442 g/mol. The van der Waals surface area contributed by atoms with Crippen molar-refractivity contribution in [3.63, 3.8) is 0 Å². The Labute approximate surface area is 183 Å². The molecule has 1 aliphatic rings. The Morgan fingerprint density at radius 3 is 2.48 bits per heavy atom. The van der Waals surface area contributed by atoms with E-state index in [0.29, 0.717) is 42.1 Å². The molecule has 1 atom stereocenters. The highest BCUT2D eigenvalue weighted by Crippen LogP contribution is 2.24. The lowest BCUT2D eigenvalue weighted by molar-refractivity contribution is -0.133. The second kappa shape index (κ2) is 11.6. The number of piperazine rings is 1. The number of rotatable bonds is 9. The molecule has 0 aliphatic carbocycles. The molecular formula is C20H32ClN5O2S. The molecule has 2 heterocycles. The minimum atomic E-state index is 0.101. The Bertz CT molecular complexity index is 699. The van der Waals surface area contributed by atoms with Gasteiger partial charge in [-0.2, -0.15) is 0 Å². The third-order valence-corrected chi connectivity index (χ3v) is 5.93. The van der Waals surface area contributed by atoms with Crippen LogP contribution in [0.4, 0.5) is 5.82 Å². The van der Waals surface area contributed by atoms with Crippen LogP contribution in [0, 0.1) is 0 Å². The van der Waals surface area contributed by atoms with Crippen LogP contribution in [0.15, 0.2) is 11.2 Å². The van der Waals surface area contributed by atoms with Gasteiger partial charge in [0, 0.05) is 51.3 Å². The van der Waals surface area contributed by atoms with Crippen molar-refractivity contribution in [3.8, 4) is 0 Å². The van der Waals surface area contributed by atoms with Gasteiger partial charge in [0.05, 0.1) is 5.75 Å². The Balaban J connectivity index is 2.03. The van der Waals surface area contributed by atoms with Crippen molar-refractivity contribution in [2.75, 3.05) is 43.4 Å². The lowest BCUT2D eigenvalue weighted by atomic mass is 10.1. The van der Waals surface area contributed by atoms with E-state index < -0.39 is 0 Å². The second-order valence-electron chi connectivity index (χ2n) is 7.24. The molecule has 0 saturated carbocycles. The standard InChI is InChI=1S/C20H32ClN5O2S/c1-5-8-24(9-6-2)19(28)14-29-20-22-16(21)12-17(23-20)25-10-11-26(15(4)13-25)18(27)7-3/h12,15H,5-11,13-14H2,1-4H3. The summed E-state index contributed by atoms with van der Waals surface area (Å²) < 4.78 is 0. The van der Waals surface area contributed by atoms with Crippen LogP contribution in [-0.2, 0) is 9.59 Å². The van der Waals surface area contributed by atoms with Gasteiger partial charge in [-0.25, -0.2) is 9.97 Å². The van der Waals surface area contributed by atoms with Gasteiger partial charge >= 0.3 is 0 Å². The monoisotopic (exact) mass is 441 g/mol. The van der Waals surface area contributed by atoms with E-state index in [1.807, 2.05) is 23.6 Å². The predicted octanol–water partition coefficient (Wildman–Crippen LogP) is 3.32. The minimum Gasteiger partial charge on any atom is -0.353 e. The first-order valence-corrected chi connectivity index (χ1v) is 11.7. The third kappa shape index (κ3) is 6.74. The summed E-state index contributed by atoms with van der Waals surface area (Å²) in [5, 5.41) is 0.872. The second-order valence-corrected chi connectivity index (χ2v) is 8.57. The molecule has 1 aromatic heterocycles. The molecule has 0 aromatic carbocycles. The number of anilines is 1. The van der Waals surface area contributed by atoms with E-state index in [-0.39, 0.29) is 17.9 Å². The number of hydrogen-bond donors (Lipinski definition) is 0. The predicted molar refractivity (Wildman–Crippen MR) is 119 cm³/mol. The summed E-state index contributed by atoms with van der Waals surface area (Å²) in [7, 11) is 0. The number of hydrogen-bond acceptors (Lipinski definition) is 6. The number of nitrogens with zero attached hydrogens (tertiary/aromatic N) is 5. The minimum absolute atomic E-state index is 0.101. The van der Waals surface area contributed by atoms with Crippen molar-refractivity contribution >= 4 is 41.0 Å². The fraction of sp³-hybridized carbons (Fsp3) is 0.700. The topological polar surface area (TPSA) is 69.6 Å². The summed E-state index contributed by atoms with van der Waals surface area (Å²) in [4.78, 5) is 39.4. The molecule has 2 rings (SSSR count). The first-order chi connectivity index (χ1) is 13.9. The van der Waals surface area contributed by atoms with Crippen LogP contribution >= 0.6 is 23.4 Å². The lowest BCUT2D eigenvalue weighted by Gasteiger charge is -2.40. The zero-order chi connectivity index (χ0) is 21.4. The van der Waals surface area contributed by atoms with Crippen LogP contribution in [0.2, 0.25) is 5.15 Å². The number of carbonyl (C=O) groups excluding carboxylic acids is 2. The number of carbonyl (C=O) groups is 2. The van der Waals surface area contributed by atoms with Crippen molar-refractivity contribution in [3.05, 3.63) is 11.2 Å². The lowest BCUT2D eigenvalue weighted by Crippen LogP contribution is -2.54. The van der Waals surface area contributed by atoms with Crippen molar-refractivity contribution in [1.82, 2.24) is 19.8 Å². The van der Waals surface area contributed by atoms with Gasteiger partial charge in [0.2, 0.25) is 11.8 Å². The molecule has 7 nitrogen and oxygen atoms in total. The van der Waals surface area contributed by atoms with Crippen LogP contribution < -0.4 is 4.90 Å². The summed E-state index contributed by atoms with van der Waals surface area (Å²) in [5.74, 6) is 1.32. The van der Waals surface area contributed by atoms with Gasteiger partial charge in [0.25, 0.3) is 0 Å². The van der Waals surface area contributed by atoms with E-state index in [4.69, 9.17) is 11.6 Å². The first-order valence-electron chi connectivity index (χ1n) is 10.4. The van der Waals surface area contributed by atoms with Crippen molar-refractivity contribution in [2.24, 2.45) is 0 Å². The summed E-state index contributed by atoms with van der Waals surface area (Å²) in [6.07, 6.45) is 2.41. The maximum absolute atomic E-state index is 12.5. The van der Waals surface area contributed by atoms with Gasteiger partial charge in [-0.15, -0.1) is 0 Å². The molecule has 29 heavy (non-hydrogen) atoms. The fourth-order valence-corrected chi connectivity index (χ4v) is 4.45. The third-order valence-electron chi connectivity index (χ3n) is 4.90. The summed E-state index contributed by atoms with van der Waals surface area (Å²) in [6.45, 7) is 11.7.